The van der Waals surface area contributed by atoms with Gasteiger partial charge in [-0.1, -0.05) is 30.0 Å². The molecule has 0 aromatic heterocycles. The molecule has 0 aliphatic rings. The Morgan fingerprint density at radius 1 is 1.56 bits per heavy atom. The van der Waals surface area contributed by atoms with Gasteiger partial charge < -0.3 is 0 Å². The number of halogens is 1. The maximum Gasteiger partial charge on any atom is 0.183 e. The highest BCUT2D eigenvalue weighted by Gasteiger charge is 2.00. The average molecular weight is 237 g/mol. The number of amidine groups is 1. The summed E-state index contributed by atoms with van der Waals surface area (Å²) >= 11 is 1.36. The molecular weight excluding hydrogens is 225 g/mol. The van der Waals surface area contributed by atoms with Crippen LogP contribution in [-0.4, -0.2) is 18.0 Å². The van der Waals surface area contributed by atoms with Crippen LogP contribution in [0, 0.1) is 17.3 Å². The molecule has 0 heterocycles. The van der Waals surface area contributed by atoms with Crippen molar-refractivity contribution in [3.05, 3.63) is 35.6 Å². The molecular formula is C11H12FN3S. The van der Waals surface area contributed by atoms with Crippen LogP contribution in [0.4, 0.5) is 4.39 Å². The van der Waals surface area contributed by atoms with Gasteiger partial charge in [-0.3, -0.25) is 10.3 Å². The lowest BCUT2D eigenvalue weighted by molar-refractivity contribution is 0.609. The molecule has 1 aromatic carbocycles. The third kappa shape index (κ3) is 3.91. The lowest BCUT2D eigenvalue weighted by atomic mass is 10.1. The van der Waals surface area contributed by atoms with Gasteiger partial charge in [0.15, 0.2) is 11.4 Å². The first-order valence-corrected chi connectivity index (χ1v) is 5.97. The molecule has 0 bridgehead atoms. The van der Waals surface area contributed by atoms with Crippen LogP contribution in [-0.2, 0) is 6.42 Å². The summed E-state index contributed by atoms with van der Waals surface area (Å²) in [4.78, 5) is 4.15. The molecule has 1 N–H and O–H groups in total. The Kier molecular flexibility index (Phi) is 5.37. The van der Waals surface area contributed by atoms with E-state index in [9.17, 15) is 4.39 Å². The van der Waals surface area contributed by atoms with Crippen LogP contribution in [0.2, 0.25) is 0 Å². The van der Waals surface area contributed by atoms with Crippen LogP contribution in [0.3, 0.4) is 0 Å². The number of benzene rings is 1. The van der Waals surface area contributed by atoms with E-state index in [4.69, 9.17) is 5.26 Å². The smallest absolute Gasteiger partial charge is 0.183 e. The van der Waals surface area contributed by atoms with Crippen molar-refractivity contribution in [3.8, 4) is 6.19 Å². The molecule has 3 nitrogen and oxygen atoms in total. The van der Waals surface area contributed by atoms with Gasteiger partial charge in [-0.25, -0.2) is 4.39 Å². The summed E-state index contributed by atoms with van der Waals surface area (Å²) in [6.45, 7) is 0.464. The summed E-state index contributed by atoms with van der Waals surface area (Å²) in [5, 5.41) is 11.4. The number of nitriles is 1. The number of hydrogen-bond acceptors (Lipinski definition) is 3. The van der Waals surface area contributed by atoms with Crippen molar-refractivity contribution in [2.24, 2.45) is 4.99 Å². The van der Waals surface area contributed by atoms with Gasteiger partial charge in [0.1, 0.15) is 5.82 Å². The quantitative estimate of drug-likeness (QED) is 0.379. The maximum absolute atomic E-state index is 13.2. The summed E-state index contributed by atoms with van der Waals surface area (Å²) in [7, 11) is 0. The predicted molar refractivity (Wildman–Crippen MR) is 64.7 cm³/mol. The number of nitrogens with one attached hydrogen (secondary N) is 1. The monoisotopic (exact) mass is 237 g/mol. The molecule has 0 fully saturated rings. The molecule has 84 valence electrons. The SMILES string of the molecule is CSC(=NCCc1ccccc1F)NC#N. The predicted octanol–water partition coefficient (Wildman–Crippen LogP) is 2.16. The van der Waals surface area contributed by atoms with Gasteiger partial charge in [0.25, 0.3) is 0 Å². The van der Waals surface area contributed by atoms with E-state index in [1.807, 2.05) is 6.26 Å². The zero-order chi connectivity index (χ0) is 11.8. The highest BCUT2D eigenvalue weighted by Crippen LogP contribution is 2.07. The zero-order valence-corrected chi connectivity index (χ0v) is 9.72. The Morgan fingerprint density at radius 2 is 2.31 bits per heavy atom. The zero-order valence-electron chi connectivity index (χ0n) is 8.90. The second-order valence-electron chi connectivity index (χ2n) is 2.97. The Labute approximate surface area is 98.4 Å². The molecule has 0 amide bonds. The van der Waals surface area contributed by atoms with Gasteiger partial charge in [-0.05, 0) is 24.3 Å². The van der Waals surface area contributed by atoms with E-state index in [-0.39, 0.29) is 5.82 Å². The number of aliphatic imine (C=N–C) groups is 1. The minimum Gasteiger partial charge on any atom is -0.272 e. The Balaban J connectivity index is 2.52. The number of rotatable bonds is 3. The van der Waals surface area contributed by atoms with Crippen molar-refractivity contribution in [2.75, 3.05) is 12.8 Å². The van der Waals surface area contributed by atoms with Crippen LogP contribution >= 0.6 is 11.8 Å². The Morgan fingerprint density at radius 3 is 2.94 bits per heavy atom. The van der Waals surface area contributed by atoms with Crippen LogP contribution in [0.25, 0.3) is 0 Å². The molecule has 0 radical (unpaired) electrons. The van der Waals surface area contributed by atoms with Crippen molar-refractivity contribution in [2.45, 2.75) is 6.42 Å². The lowest BCUT2D eigenvalue weighted by Gasteiger charge is -2.01. The van der Waals surface area contributed by atoms with Gasteiger partial charge in [-0.2, -0.15) is 5.26 Å². The topological polar surface area (TPSA) is 48.2 Å². The van der Waals surface area contributed by atoms with Crippen molar-refractivity contribution in [3.63, 3.8) is 0 Å². The average Bonchev–Trinajstić information content (AvgIpc) is 2.30. The van der Waals surface area contributed by atoms with Gasteiger partial charge in [0.05, 0.1) is 0 Å². The molecule has 0 aliphatic heterocycles. The molecule has 0 spiro atoms. The van der Waals surface area contributed by atoms with E-state index >= 15 is 0 Å². The third-order valence-electron chi connectivity index (χ3n) is 1.95. The molecule has 1 aromatic rings. The van der Waals surface area contributed by atoms with Crippen molar-refractivity contribution < 1.29 is 4.39 Å². The molecule has 5 heteroatoms. The first-order valence-electron chi connectivity index (χ1n) is 4.75. The molecule has 0 unspecified atom stereocenters. The fourth-order valence-corrected chi connectivity index (χ4v) is 1.55. The Hall–Kier alpha value is -1.54. The highest BCUT2D eigenvalue weighted by molar-refractivity contribution is 8.13. The largest absolute Gasteiger partial charge is 0.272 e. The summed E-state index contributed by atoms with van der Waals surface area (Å²) in [5.41, 5.74) is 0.642. The second-order valence-corrected chi connectivity index (χ2v) is 3.76. The van der Waals surface area contributed by atoms with Crippen molar-refractivity contribution >= 4 is 16.9 Å². The number of hydrogen-bond donors (Lipinski definition) is 1. The summed E-state index contributed by atoms with van der Waals surface area (Å²) in [6, 6.07) is 6.63. The first kappa shape index (κ1) is 12.5. The van der Waals surface area contributed by atoms with Gasteiger partial charge in [0.2, 0.25) is 0 Å². The van der Waals surface area contributed by atoms with E-state index in [0.717, 1.165) is 0 Å². The van der Waals surface area contributed by atoms with E-state index in [1.165, 1.54) is 17.8 Å². The van der Waals surface area contributed by atoms with E-state index in [2.05, 4.69) is 10.3 Å². The molecule has 1 rings (SSSR count). The molecule has 16 heavy (non-hydrogen) atoms. The molecule has 0 saturated heterocycles. The van der Waals surface area contributed by atoms with Crippen LogP contribution in [0.5, 0.6) is 0 Å². The normalized spacial score (nSPS) is 10.9. The third-order valence-corrected chi connectivity index (χ3v) is 2.57. The lowest BCUT2D eigenvalue weighted by Crippen LogP contribution is -2.14. The van der Waals surface area contributed by atoms with Crippen LogP contribution < -0.4 is 5.32 Å². The molecule has 0 atom stereocenters. The van der Waals surface area contributed by atoms with Gasteiger partial charge in [-0.15, -0.1) is 0 Å². The Bertz CT molecular complexity index is 412. The minimum atomic E-state index is -0.211. The number of thioether (sulfide) groups is 1. The summed E-state index contributed by atoms with van der Waals surface area (Å²) < 4.78 is 13.2. The molecule has 0 saturated carbocycles. The standard InChI is InChI=1S/C11H12FN3S/c1-16-11(15-8-13)14-7-6-9-4-2-3-5-10(9)12/h2-5H,6-7H2,1H3,(H,14,15). The van der Waals surface area contributed by atoms with Crippen molar-refractivity contribution in [1.82, 2.24) is 5.32 Å². The molecule has 0 aliphatic carbocycles. The fraction of sp³-hybridized carbons (Fsp3) is 0.273. The summed E-state index contributed by atoms with van der Waals surface area (Å²) in [6.07, 6.45) is 4.16. The second kappa shape index (κ2) is 6.85. The van der Waals surface area contributed by atoms with Gasteiger partial charge >= 0.3 is 0 Å². The number of nitrogens with zero attached hydrogens (tertiary/aromatic N) is 2. The highest BCUT2D eigenvalue weighted by atomic mass is 32.2. The van der Waals surface area contributed by atoms with Crippen molar-refractivity contribution in [1.29, 1.82) is 5.26 Å². The first-order chi connectivity index (χ1) is 7.77. The van der Waals surface area contributed by atoms with E-state index < -0.39 is 0 Å². The van der Waals surface area contributed by atoms with E-state index in [0.29, 0.717) is 23.7 Å². The fourth-order valence-electron chi connectivity index (χ4n) is 1.18. The van der Waals surface area contributed by atoms with Gasteiger partial charge in [0, 0.05) is 6.54 Å². The minimum absolute atomic E-state index is 0.211. The summed E-state index contributed by atoms with van der Waals surface area (Å²) in [5.74, 6) is -0.211. The van der Waals surface area contributed by atoms with Crippen LogP contribution in [0.15, 0.2) is 29.3 Å². The maximum atomic E-state index is 13.2. The van der Waals surface area contributed by atoms with Crippen LogP contribution in [0.1, 0.15) is 5.56 Å². The van der Waals surface area contributed by atoms with E-state index in [1.54, 1.807) is 24.4 Å².